The molecule has 3 aromatic heterocycles. The number of hydrogen-bond donors (Lipinski definition) is 1. The SMILES string of the molecule is O=C(NCc1csc2nccn12)c1cccs1. The third-order valence-electron chi connectivity index (χ3n) is 2.39. The molecule has 0 radical (unpaired) electrons. The molecule has 0 aliphatic rings. The fourth-order valence-electron chi connectivity index (χ4n) is 1.57. The first kappa shape index (κ1) is 10.5. The van der Waals surface area contributed by atoms with E-state index in [4.69, 9.17) is 0 Å². The van der Waals surface area contributed by atoms with Crippen LogP contribution in [0.2, 0.25) is 0 Å². The number of amides is 1. The Labute approximate surface area is 106 Å². The molecular formula is C11H9N3OS2. The summed E-state index contributed by atoms with van der Waals surface area (Å²) >= 11 is 3.02. The predicted molar refractivity (Wildman–Crippen MR) is 68.6 cm³/mol. The number of thiophene rings is 1. The lowest BCUT2D eigenvalue weighted by molar-refractivity contribution is 0.0954. The average molecular weight is 263 g/mol. The maximum Gasteiger partial charge on any atom is 0.261 e. The average Bonchev–Trinajstić information content (AvgIpc) is 3.03. The van der Waals surface area contributed by atoms with Crippen LogP contribution >= 0.6 is 22.7 Å². The Hall–Kier alpha value is -1.66. The topological polar surface area (TPSA) is 46.4 Å². The minimum Gasteiger partial charge on any atom is -0.346 e. The van der Waals surface area contributed by atoms with Gasteiger partial charge >= 0.3 is 0 Å². The Kier molecular flexibility index (Phi) is 2.66. The van der Waals surface area contributed by atoms with Crippen molar-refractivity contribution in [2.24, 2.45) is 0 Å². The van der Waals surface area contributed by atoms with Crippen LogP contribution in [0.3, 0.4) is 0 Å². The Morgan fingerprint density at radius 3 is 3.24 bits per heavy atom. The largest absolute Gasteiger partial charge is 0.346 e. The highest BCUT2D eigenvalue weighted by molar-refractivity contribution is 7.15. The molecule has 0 spiro atoms. The van der Waals surface area contributed by atoms with E-state index < -0.39 is 0 Å². The van der Waals surface area contributed by atoms with Crippen LogP contribution in [0.25, 0.3) is 4.96 Å². The van der Waals surface area contributed by atoms with Crippen LogP contribution in [0.5, 0.6) is 0 Å². The monoisotopic (exact) mass is 263 g/mol. The van der Waals surface area contributed by atoms with Crippen LogP contribution in [0.15, 0.2) is 35.3 Å². The number of hydrogen-bond acceptors (Lipinski definition) is 4. The van der Waals surface area contributed by atoms with Gasteiger partial charge in [0.1, 0.15) is 0 Å². The Morgan fingerprint density at radius 2 is 2.41 bits per heavy atom. The fraction of sp³-hybridized carbons (Fsp3) is 0.0909. The highest BCUT2D eigenvalue weighted by Crippen LogP contribution is 2.14. The van der Waals surface area contributed by atoms with Crippen molar-refractivity contribution in [1.82, 2.24) is 14.7 Å². The van der Waals surface area contributed by atoms with Crippen LogP contribution in [-0.4, -0.2) is 15.3 Å². The second-order valence-electron chi connectivity index (χ2n) is 3.47. The first-order valence-electron chi connectivity index (χ1n) is 5.06. The minimum absolute atomic E-state index is 0.0283. The second-order valence-corrected chi connectivity index (χ2v) is 5.25. The van der Waals surface area contributed by atoms with Gasteiger partial charge in [-0.05, 0) is 11.4 Å². The Bertz CT molecular complexity index is 639. The molecule has 1 N–H and O–H groups in total. The molecular weight excluding hydrogens is 254 g/mol. The van der Waals surface area contributed by atoms with E-state index in [0.29, 0.717) is 6.54 Å². The number of nitrogens with zero attached hydrogens (tertiary/aromatic N) is 2. The van der Waals surface area contributed by atoms with E-state index >= 15 is 0 Å². The van der Waals surface area contributed by atoms with E-state index in [1.54, 1.807) is 17.5 Å². The molecule has 0 unspecified atom stereocenters. The molecule has 3 rings (SSSR count). The highest BCUT2D eigenvalue weighted by Gasteiger charge is 2.08. The number of nitrogens with one attached hydrogen (secondary N) is 1. The molecule has 0 aliphatic carbocycles. The second kappa shape index (κ2) is 4.31. The molecule has 1 amide bonds. The van der Waals surface area contributed by atoms with Gasteiger partial charge < -0.3 is 5.32 Å². The summed E-state index contributed by atoms with van der Waals surface area (Å²) in [4.78, 5) is 17.6. The summed E-state index contributed by atoms with van der Waals surface area (Å²) < 4.78 is 1.99. The van der Waals surface area contributed by atoms with Crippen molar-refractivity contribution in [3.05, 3.63) is 45.9 Å². The number of thiazole rings is 1. The number of rotatable bonds is 3. The molecule has 0 fully saturated rings. The van der Waals surface area contributed by atoms with Crippen molar-refractivity contribution in [2.75, 3.05) is 0 Å². The van der Waals surface area contributed by atoms with Gasteiger partial charge in [-0.25, -0.2) is 4.98 Å². The van der Waals surface area contributed by atoms with Crippen LogP contribution in [0.1, 0.15) is 15.4 Å². The van der Waals surface area contributed by atoms with Gasteiger partial charge in [0.15, 0.2) is 4.96 Å². The van der Waals surface area contributed by atoms with Crippen LogP contribution < -0.4 is 5.32 Å². The van der Waals surface area contributed by atoms with Gasteiger partial charge in [0.25, 0.3) is 5.91 Å². The minimum atomic E-state index is -0.0283. The molecule has 0 saturated carbocycles. The van der Waals surface area contributed by atoms with Gasteiger partial charge in [0.05, 0.1) is 17.1 Å². The molecule has 17 heavy (non-hydrogen) atoms. The third-order valence-corrected chi connectivity index (χ3v) is 4.16. The van der Waals surface area contributed by atoms with Crippen molar-refractivity contribution in [3.63, 3.8) is 0 Å². The van der Waals surface area contributed by atoms with E-state index in [2.05, 4.69) is 10.3 Å². The van der Waals surface area contributed by atoms with Crippen LogP contribution in [0.4, 0.5) is 0 Å². The summed E-state index contributed by atoms with van der Waals surface area (Å²) in [6, 6.07) is 3.69. The first-order valence-corrected chi connectivity index (χ1v) is 6.81. The number of imidazole rings is 1. The molecule has 0 aliphatic heterocycles. The normalized spacial score (nSPS) is 10.8. The summed E-state index contributed by atoms with van der Waals surface area (Å²) in [5, 5.41) is 6.81. The van der Waals surface area contributed by atoms with Gasteiger partial charge in [-0.15, -0.1) is 22.7 Å². The summed E-state index contributed by atoms with van der Waals surface area (Å²) in [7, 11) is 0. The van der Waals surface area contributed by atoms with Gasteiger partial charge in [-0.2, -0.15) is 0 Å². The van der Waals surface area contributed by atoms with Crippen LogP contribution in [-0.2, 0) is 6.54 Å². The van der Waals surface area contributed by atoms with E-state index in [9.17, 15) is 4.79 Å². The quantitative estimate of drug-likeness (QED) is 0.788. The van der Waals surface area contributed by atoms with Gasteiger partial charge in [-0.3, -0.25) is 9.20 Å². The zero-order valence-corrected chi connectivity index (χ0v) is 10.4. The van der Waals surface area contributed by atoms with Crippen molar-refractivity contribution < 1.29 is 4.79 Å². The lowest BCUT2D eigenvalue weighted by Gasteiger charge is -2.02. The van der Waals surface area contributed by atoms with E-state index in [1.807, 2.05) is 33.5 Å². The molecule has 0 aromatic carbocycles. The number of carbonyl (C=O) groups excluding carboxylic acids is 1. The lowest BCUT2D eigenvalue weighted by atomic mass is 10.4. The lowest BCUT2D eigenvalue weighted by Crippen LogP contribution is -2.22. The molecule has 6 heteroatoms. The Morgan fingerprint density at radius 1 is 1.47 bits per heavy atom. The fourth-order valence-corrected chi connectivity index (χ4v) is 3.06. The summed E-state index contributed by atoms with van der Waals surface area (Å²) in [5.41, 5.74) is 1.05. The summed E-state index contributed by atoms with van der Waals surface area (Å²) in [6.45, 7) is 0.521. The van der Waals surface area contributed by atoms with E-state index in [-0.39, 0.29) is 5.91 Å². The van der Waals surface area contributed by atoms with Gasteiger partial charge in [0, 0.05) is 17.8 Å². The summed E-state index contributed by atoms with van der Waals surface area (Å²) in [5.74, 6) is -0.0283. The van der Waals surface area contributed by atoms with Crippen molar-refractivity contribution in [3.8, 4) is 0 Å². The predicted octanol–water partition coefficient (Wildman–Crippen LogP) is 2.39. The number of carbonyl (C=O) groups is 1. The van der Waals surface area contributed by atoms with E-state index in [1.165, 1.54) is 11.3 Å². The zero-order valence-electron chi connectivity index (χ0n) is 8.79. The third kappa shape index (κ3) is 1.96. The van der Waals surface area contributed by atoms with Crippen LogP contribution in [0, 0.1) is 0 Å². The standard InChI is InChI=1S/C11H9N3OS2/c15-10(9-2-1-5-16-9)13-6-8-7-17-11-12-3-4-14(8)11/h1-5,7H,6H2,(H,13,15). The van der Waals surface area contributed by atoms with Crippen molar-refractivity contribution in [2.45, 2.75) is 6.54 Å². The molecule has 3 aromatic rings. The Balaban J connectivity index is 1.73. The molecule has 3 heterocycles. The maximum absolute atomic E-state index is 11.8. The molecule has 4 nitrogen and oxygen atoms in total. The molecule has 0 atom stereocenters. The van der Waals surface area contributed by atoms with Gasteiger partial charge in [-0.1, -0.05) is 6.07 Å². The van der Waals surface area contributed by atoms with E-state index in [0.717, 1.165) is 15.5 Å². The maximum atomic E-state index is 11.8. The zero-order chi connectivity index (χ0) is 11.7. The summed E-state index contributed by atoms with van der Waals surface area (Å²) in [6.07, 6.45) is 3.66. The van der Waals surface area contributed by atoms with Crippen molar-refractivity contribution in [1.29, 1.82) is 0 Å². The molecule has 0 bridgehead atoms. The molecule has 0 saturated heterocycles. The van der Waals surface area contributed by atoms with Gasteiger partial charge in [0.2, 0.25) is 0 Å². The number of fused-ring (bicyclic) bond motifs is 1. The molecule has 86 valence electrons. The first-order chi connectivity index (χ1) is 8.34. The highest BCUT2D eigenvalue weighted by atomic mass is 32.1. The number of aromatic nitrogens is 2. The van der Waals surface area contributed by atoms with Crippen molar-refractivity contribution >= 4 is 33.5 Å². The smallest absolute Gasteiger partial charge is 0.261 e.